The molecule has 1 aromatic carbocycles. The van der Waals surface area contributed by atoms with E-state index < -0.39 is 0 Å². The van der Waals surface area contributed by atoms with Crippen LogP contribution in [0.25, 0.3) is 11.5 Å². The lowest BCUT2D eigenvalue weighted by atomic mass is 10.2. The minimum Gasteiger partial charge on any atom is -0.320 e. The van der Waals surface area contributed by atoms with Gasteiger partial charge in [0.1, 0.15) is 12.7 Å². The molecular formula is C19H17N7O. The molecule has 4 aromatic rings. The van der Waals surface area contributed by atoms with Gasteiger partial charge in [0.25, 0.3) is 5.91 Å². The molecular weight excluding hydrogens is 342 g/mol. The summed E-state index contributed by atoms with van der Waals surface area (Å²) in [5.41, 5.74) is 2.92. The maximum absolute atomic E-state index is 12.7. The fraction of sp³-hybridized carbons (Fsp3) is 0.105. The van der Waals surface area contributed by atoms with E-state index in [-0.39, 0.29) is 5.91 Å². The number of aromatic nitrogens is 6. The van der Waals surface area contributed by atoms with E-state index in [1.807, 2.05) is 37.3 Å². The van der Waals surface area contributed by atoms with E-state index in [0.717, 1.165) is 11.4 Å². The average molecular weight is 359 g/mol. The van der Waals surface area contributed by atoms with Crippen molar-refractivity contribution in [2.24, 2.45) is 0 Å². The van der Waals surface area contributed by atoms with Crippen molar-refractivity contribution in [1.29, 1.82) is 0 Å². The number of pyridine rings is 1. The van der Waals surface area contributed by atoms with Crippen molar-refractivity contribution < 1.29 is 4.79 Å². The average Bonchev–Trinajstić information content (AvgIpc) is 3.39. The van der Waals surface area contributed by atoms with Crippen LogP contribution in [-0.4, -0.2) is 35.4 Å². The van der Waals surface area contributed by atoms with Gasteiger partial charge in [-0.1, -0.05) is 25.1 Å². The summed E-state index contributed by atoms with van der Waals surface area (Å²) < 4.78 is 3.34. The van der Waals surface area contributed by atoms with Crippen molar-refractivity contribution in [2.75, 3.05) is 5.32 Å². The van der Waals surface area contributed by atoms with Crippen LogP contribution in [0.5, 0.6) is 0 Å². The fourth-order valence-electron chi connectivity index (χ4n) is 2.82. The van der Waals surface area contributed by atoms with Crippen LogP contribution in [0, 0.1) is 0 Å². The summed E-state index contributed by atoms with van der Waals surface area (Å²) in [4.78, 5) is 20.9. The van der Waals surface area contributed by atoms with Crippen LogP contribution in [0.2, 0.25) is 0 Å². The van der Waals surface area contributed by atoms with Gasteiger partial charge in [-0.3, -0.25) is 4.79 Å². The Morgan fingerprint density at radius 2 is 1.93 bits per heavy atom. The molecule has 0 aliphatic carbocycles. The third kappa shape index (κ3) is 3.32. The lowest BCUT2D eigenvalue weighted by molar-refractivity contribution is 0.102. The van der Waals surface area contributed by atoms with Gasteiger partial charge < -0.3 is 5.32 Å². The number of rotatable bonds is 5. The molecule has 0 bridgehead atoms. The SMILES string of the molecule is CCc1c(C(=O)Nc2ccc(-n3cncn3)nc2)cnn1-c1ccccc1. The first-order valence-electron chi connectivity index (χ1n) is 8.51. The molecule has 0 saturated heterocycles. The van der Waals surface area contributed by atoms with E-state index >= 15 is 0 Å². The van der Waals surface area contributed by atoms with Crippen LogP contribution >= 0.6 is 0 Å². The molecule has 1 N–H and O–H groups in total. The molecule has 1 amide bonds. The fourth-order valence-corrected chi connectivity index (χ4v) is 2.82. The Morgan fingerprint density at radius 3 is 2.59 bits per heavy atom. The second kappa shape index (κ2) is 7.20. The standard InChI is InChI=1S/C19H17N7O/c1-2-17-16(11-22-26(17)15-6-4-3-5-7-15)19(27)24-14-8-9-18(21-10-14)25-13-20-12-23-25/h3-13H,2H2,1H3,(H,24,27). The predicted molar refractivity (Wildman–Crippen MR) is 100 cm³/mol. The Balaban J connectivity index is 1.56. The molecule has 0 aliphatic rings. The van der Waals surface area contributed by atoms with Gasteiger partial charge >= 0.3 is 0 Å². The minimum absolute atomic E-state index is 0.218. The van der Waals surface area contributed by atoms with Crippen LogP contribution < -0.4 is 5.32 Å². The van der Waals surface area contributed by atoms with Crippen molar-refractivity contribution in [3.63, 3.8) is 0 Å². The van der Waals surface area contributed by atoms with E-state index in [1.165, 1.54) is 6.33 Å². The number of hydrogen-bond donors (Lipinski definition) is 1. The summed E-state index contributed by atoms with van der Waals surface area (Å²) in [6, 6.07) is 13.3. The second-order valence-corrected chi connectivity index (χ2v) is 5.81. The summed E-state index contributed by atoms with van der Waals surface area (Å²) in [6.45, 7) is 2.00. The Labute approximate surface area is 155 Å². The van der Waals surface area contributed by atoms with Crippen LogP contribution in [0.15, 0.2) is 67.5 Å². The molecule has 8 nitrogen and oxygen atoms in total. The summed E-state index contributed by atoms with van der Waals surface area (Å²) in [5, 5.41) is 11.3. The largest absolute Gasteiger partial charge is 0.320 e. The summed E-state index contributed by atoms with van der Waals surface area (Å²) in [7, 11) is 0. The molecule has 0 atom stereocenters. The van der Waals surface area contributed by atoms with Gasteiger partial charge in [0.2, 0.25) is 0 Å². The van der Waals surface area contributed by atoms with E-state index in [2.05, 4.69) is 25.5 Å². The minimum atomic E-state index is -0.218. The van der Waals surface area contributed by atoms with E-state index in [9.17, 15) is 4.79 Å². The molecule has 8 heteroatoms. The first-order valence-corrected chi connectivity index (χ1v) is 8.51. The predicted octanol–water partition coefficient (Wildman–Crippen LogP) is 2.66. The Bertz CT molecular complexity index is 1040. The van der Waals surface area contributed by atoms with Crippen LogP contribution in [0.4, 0.5) is 5.69 Å². The van der Waals surface area contributed by atoms with E-state index in [0.29, 0.717) is 23.5 Å². The molecule has 134 valence electrons. The number of carbonyl (C=O) groups excluding carboxylic acids is 1. The van der Waals surface area contributed by atoms with Crippen LogP contribution in [0.3, 0.4) is 0 Å². The van der Waals surface area contributed by atoms with Crippen molar-refractivity contribution in [3.8, 4) is 11.5 Å². The summed E-state index contributed by atoms with van der Waals surface area (Å²) in [6.07, 6.45) is 6.86. The summed E-state index contributed by atoms with van der Waals surface area (Å²) >= 11 is 0. The number of anilines is 1. The highest BCUT2D eigenvalue weighted by Gasteiger charge is 2.17. The monoisotopic (exact) mass is 359 g/mol. The number of carbonyl (C=O) groups is 1. The van der Waals surface area contributed by atoms with Gasteiger partial charge in [-0.2, -0.15) is 10.2 Å². The van der Waals surface area contributed by atoms with Crippen LogP contribution in [-0.2, 0) is 6.42 Å². The van der Waals surface area contributed by atoms with Crippen molar-refractivity contribution >= 4 is 11.6 Å². The molecule has 0 radical (unpaired) electrons. The highest BCUT2D eigenvalue weighted by atomic mass is 16.1. The Hall–Kier alpha value is -3.81. The Kier molecular flexibility index (Phi) is 4.44. The molecule has 0 unspecified atom stereocenters. The first kappa shape index (κ1) is 16.6. The highest BCUT2D eigenvalue weighted by molar-refractivity contribution is 6.05. The maximum Gasteiger partial charge on any atom is 0.259 e. The first-order chi connectivity index (χ1) is 13.3. The molecule has 3 aromatic heterocycles. The van der Waals surface area contributed by atoms with Gasteiger partial charge in [0.15, 0.2) is 5.82 Å². The van der Waals surface area contributed by atoms with Gasteiger partial charge in [0.05, 0.1) is 35.0 Å². The molecule has 0 spiro atoms. The number of nitrogens with zero attached hydrogens (tertiary/aromatic N) is 6. The molecule has 0 saturated carbocycles. The van der Waals surface area contributed by atoms with Gasteiger partial charge in [0, 0.05) is 0 Å². The maximum atomic E-state index is 12.7. The zero-order chi connectivity index (χ0) is 18.6. The third-order valence-corrected chi connectivity index (χ3v) is 4.11. The molecule has 0 fully saturated rings. The molecule has 4 rings (SSSR count). The molecule has 3 heterocycles. The topological polar surface area (TPSA) is 90.5 Å². The number of para-hydroxylation sites is 1. The normalized spacial score (nSPS) is 10.7. The quantitative estimate of drug-likeness (QED) is 0.592. The third-order valence-electron chi connectivity index (χ3n) is 4.11. The molecule has 27 heavy (non-hydrogen) atoms. The van der Waals surface area contributed by atoms with Gasteiger partial charge in [-0.15, -0.1) is 0 Å². The Morgan fingerprint density at radius 1 is 1.07 bits per heavy atom. The number of nitrogens with one attached hydrogen (secondary N) is 1. The lowest BCUT2D eigenvalue weighted by Crippen LogP contribution is -2.14. The summed E-state index contributed by atoms with van der Waals surface area (Å²) in [5.74, 6) is 0.404. The van der Waals surface area contributed by atoms with Gasteiger partial charge in [-0.25, -0.2) is 19.3 Å². The van der Waals surface area contributed by atoms with E-state index in [4.69, 9.17) is 0 Å². The van der Waals surface area contributed by atoms with Crippen molar-refractivity contribution in [1.82, 2.24) is 29.5 Å². The van der Waals surface area contributed by atoms with Gasteiger partial charge in [-0.05, 0) is 30.7 Å². The lowest BCUT2D eigenvalue weighted by Gasteiger charge is -2.09. The zero-order valence-corrected chi connectivity index (χ0v) is 14.6. The zero-order valence-electron chi connectivity index (χ0n) is 14.6. The van der Waals surface area contributed by atoms with Crippen molar-refractivity contribution in [2.45, 2.75) is 13.3 Å². The number of hydrogen-bond acceptors (Lipinski definition) is 5. The smallest absolute Gasteiger partial charge is 0.259 e. The van der Waals surface area contributed by atoms with Crippen molar-refractivity contribution in [3.05, 3.63) is 78.8 Å². The van der Waals surface area contributed by atoms with Crippen LogP contribution in [0.1, 0.15) is 23.0 Å². The van der Waals surface area contributed by atoms with E-state index in [1.54, 1.807) is 40.2 Å². The number of benzene rings is 1. The number of amides is 1. The second-order valence-electron chi connectivity index (χ2n) is 5.81. The molecule has 0 aliphatic heterocycles. The highest BCUT2D eigenvalue weighted by Crippen LogP contribution is 2.17.